The molecular weight excluding hydrogens is 484 g/mol. The molecule has 4 aliphatic carbocycles. The van der Waals surface area contributed by atoms with E-state index in [1.54, 1.807) is 0 Å². The molecule has 4 aliphatic rings. The van der Waals surface area contributed by atoms with Gasteiger partial charge >= 0.3 is 5.30 Å². The smallest absolute Gasteiger partial charge is 0.388 e. The summed E-state index contributed by atoms with van der Waals surface area (Å²) in [7, 11) is 0. The van der Waals surface area contributed by atoms with Gasteiger partial charge in [-0.05, 0) is 90.5 Å². The van der Waals surface area contributed by atoms with Gasteiger partial charge in [-0.25, -0.2) is 4.79 Å². The summed E-state index contributed by atoms with van der Waals surface area (Å²) in [6.45, 7) is 4.09. The minimum Gasteiger partial charge on any atom is -0.388 e. The number of hydrogen-bond donors (Lipinski definition) is 1. The Kier molecular flexibility index (Phi) is 7.17. The van der Waals surface area contributed by atoms with Crippen LogP contribution < -0.4 is 0 Å². The monoisotopic (exact) mass is 518 g/mol. The first-order valence-corrected chi connectivity index (χ1v) is 14.3. The summed E-state index contributed by atoms with van der Waals surface area (Å²) in [5.74, 6) is 1.67. The number of hydrogen-bond acceptors (Lipinski definition) is 7. The number of oxime groups is 1. The molecule has 0 aromatic heterocycles. The van der Waals surface area contributed by atoms with Gasteiger partial charge in [-0.15, -0.1) is 0 Å². The number of carbonyl (C=O) groups excluding carboxylic acids is 2. The van der Waals surface area contributed by atoms with Gasteiger partial charge in [-0.1, -0.05) is 48.8 Å². The zero-order valence-corrected chi connectivity index (χ0v) is 22.4. The highest BCUT2D eigenvalue weighted by atomic mass is 32.2. The lowest BCUT2D eigenvalue weighted by molar-refractivity contribution is -0.114. The normalized spacial score (nSPS) is 32.9. The van der Waals surface area contributed by atoms with Gasteiger partial charge in [0.15, 0.2) is 5.78 Å². The van der Waals surface area contributed by atoms with Crippen LogP contribution in [0.1, 0.15) is 82.3 Å². The molecule has 37 heavy (non-hydrogen) atoms. The molecule has 5 rings (SSSR count). The molecule has 2 saturated carbocycles. The lowest BCUT2D eigenvalue weighted by Gasteiger charge is -2.54. The number of nitrogens with zero attached hydrogens (tertiary/aromatic N) is 2. The second kappa shape index (κ2) is 10.2. The first-order chi connectivity index (χ1) is 17.8. The van der Waals surface area contributed by atoms with Gasteiger partial charge in [0.2, 0.25) is 0 Å². The SMILES string of the molecule is CCSC(=O)O/N=C/c1ccc([C@H]2C[C@@]3(C)[C@@H](CC[C@@]3(O)CC#N)[C@@H]3CCC4=CC(=O)CCC4=C32)cc1. The number of nitriles is 1. The summed E-state index contributed by atoms with van der Waals surface area (Å²) in [6, 6.07) is 10.4. The maximum absolute atomic E-state index is 12.2. The van der Waals surface area contributed by atoms with E-state index in [2.05, 4.69) is 30.3 Å². The van der Waals surface area contributed by atoms with Crippen LogP contribution in [0.3, 0.4) is 0 Å². The first kappa shape index (κ1) is 25.9. The third-order valence-corrected chi connectivity index (χ3v) is 9.96. The van der Waals surface area contributed by atoms with Gasteiger partial charge in [0.1, 0.15) is 0 Å². The van der Waals surface area contributed by atoms with E-state index in [1.165, 1.54) is 28.5 Å². The summed E-state index contributed by atoms with van der Waals surface area (Å²) < 4.78 is 0. The first-order valence-electron chi connectivity index (χ1n) is 13.3. The van der Waals surface area contributed by atoms with Crippen LogP contribution in [0.4, 0.5) is 4.79 Å². The van der Waals surface area contributed by atoms with Crippen LogP contribution in [-0.4, -0.2) is 33.8 Å². The maximum Gasteiger partial charge on any atom is 0.393 e. The van der Waals surface area contributed by atoms with Crippen molar-refractivity contribution >= 4 is 29.1 Å². The average molecular weight is 519 g/mol. The van der Waals surface area contributed by atoms with Crippen LogP contribution in [0.2, 0.25) is 0 Å². The summed E-state index contributed by atoms with van der Waals surface area (Å²) in [5.41, 5.74) is 4.71. The predicted octanol–water partition coefficient (Wildman–Crippen LogP) is 6.45. The quantitative estimate of drug-likeness (QED) is 0.273. The molecule has 0 bridgehead atoms. The van der Waals surface area contributed by atoms with E-state index in [1.807, 2.05) is 25.1 Å². The third kappa shape index (κ3) is 4.59. The lowest BCUT2D eigenvalue weighted by atomic mass is 9.51. The van der Waals surface area contributed by atoms with Gasteiger partial charge in [0, 0.05) is 23.5 Å². The van der Waals surface area contributed by atoms with Crippen molar-refractivity contribution < 1.29 is 19.5 Å². The molecule has 6 nitrogen and oxygen atoms in total. The molecule has 5 atom stereocenters. The number of carbonyl (C=O) groups is 2. The predicted molar refractivity (Wildman–Crippen MR) is 144 cm³/mol. The van der Waals surface area contributed by atoms with Crippen LogP contribution in [0, 0.1) is 28.6 Å². The zero-order chi connectivity index (χ0) is 26.2. The highest BCUT2D eigenvalue weighted by Gasteiger charge is 2.62. The van der Waals surface area contributed by atoms with E-state index in [0.29, 0.717) is 30.4 Å². The molecule has 0 aliphatic heterocycles. The van der Waals surface area contributed by atoms with Crippen molar-refractivity contribution in [2.24, 2.45) is 22.4 Å². The van der Waals surface area contributed by atoms with Crippen LogP contribution in [0.25, 0.3) is 0 Å². The molecule has 0 radical (unpaired) electrons. The number of fused-ring (bicyclic) bond motifs is 4. The van der Waals surface area contributed by atoms with Crippen molar-refractivity contribution in [2.75, 3.05) is 5.75 Å². The summed E-state index contributed by atoms with van der Waals surface area (Å²) in [5, 5.41) is 24.7. The standard InChI is InChI=1S/C30H34N2O4S/c1-3-37-28(34)36-32-18-19-4-6-20(7-5-19)25-17-29(2)26(12-13-30(29,35)14-15-31)24-10-8-21-16-22(33)9-11-23(21)27(24)25/h4-7,16,18,24-26,35H,3,8-14,17H2,1-2H3/b32-18+/t24-,25+,26-,29-,30+/m0/s1. The van der Waals surface area contributed by atoms with Gasteiger partial charge in [-0.3, -0.25) is 4.79 Å². The number of benzene rings is 1. The third-order valence-electron chi connectivity index (χ3n) is 9.36. The van der Waals surface area contributed by atoms with Crippen molar-refractivity contribution in [3.8, 4) is 6.07 Å². The topological polar surface area (TPSA) is 99.8 Å². The van der Waals surface area contributed by atoms with Crippen molar-refractivity contribution in [3.05, 3.63) is 58.2 Å². The van der Waals surface area contributed by atoms with Crippen LogP contribution in [0.15, 0.2) is 52.2 Å². The Morgan fingerprint density at radius 2 is 2.05 bits per heavy atom. The Morgan fingerprint density at radius 3 is 2.78 bits per heavy atom. The lowest BCUT2D eigenvalue weighted by Crippen LogP contribution is -2.51. The number of thioether (sulfide) groups is 1. The minimum atomic E-state index is -0.980. The van der Waals surface area contributed by atoms with Gasteiger partial charge in [0.05, 0.1) is 24.3 Å². The zero-order valence-electron chi connectivity index (χ0n) is 21.5. The van der Waals surface area contributed by atoms with Gasteiger partial charge in [-0.2, -0.15) is 5.26 Å². The van der Waals surface area contributed by atoms with Crippen LogP contribution >= 0.6 is 11.8 Å². The maximum atomic E-state index is 12.2. The molecule has 1 aromatic rings. The number of rotatable bonds is 5. The van der Waals surface area contributed by atoms with E-state index in [0.717, 1.165) is 49.4 Å². The summed E-state index contributed by atoms with van der Waals surface area (Å²) in [4.78, 5) is 28.6. The molecule has 2 fully saturated rings. The molecule has 0 amide bonds. The fraction of sp³-hybridized carbons (Fsp3) is 0.533. The van der Waals surface area contributed by atoms with E-state index in [9.17, 15) is 20.0 Å². The Balaban J connectivity index is 1.52. The molecule has 0 spiro atoms. The summed E-state index contributed by atoms with van der Waals surface area (Å²) >= 11 is 1.07. The molecule has 1 N–H and O–H groups in total. The molecule has 194 valence electrons. The van der Waals surface area contributed by atoms with Crippen molar-refractivity contribution in [3.63, 3.8) is 0 Å². The van der Waals surface area contributed by atoms with Gasteiger partial charge < -0.3 is 9.94 Å². The molecular formula is C30H34N2O4S. The van der Waals surface area contributed by atoms with Crippen LogP contribution in [-0.2, 0) is 9.63 Å². The van der Waals surface area contributed by atoms with Crippen molar-refractivity contribution in [1.82, 2.24) is 0 Å². The molecule has 0 saturated heterocycles. The molecule has 1 aromatic carbocycles. The molecule has 0 unspecified atom stereocenters. The van der Waals surface area contributed by atoms with E-state index >= 15 is 0 Å². The summed E-state index contributed by atoms with van der Waals surface area (Å²) in [6.07, 6.45) is 9.21. The fourth-order valence-corrected chi connectivity index (χ4v) is 7.89. The second-order valence-electron chi connectivity index (χ2n) is 11.1. The van der Waals surface area contributed by atoms with E-state index in [4.69, 9.17) is 4.84 Å². The van der Waals surface area contributed by atoms with E-state index in [-0.39, 0.29) is 23.5 Å². The Morgan fingerprint density at radius 1 is 1.27 bits per heavy atom. The minimum absolute atomic E-state index is 0.117. The molecule has 0 heterocycles. The highest BCUT2D eigenvalue weighted by Crippen LogP contribution is 2.67. The Labute approximate surface area is 222 Å². The number of ketones is 1. The Bertz CT molecular complexity index is 1230. The van der Waals surface area contributed by atoms with E-state index < -0.39 is 10.9 Å². The van der Waals surface area contributed by atoms with Crippen molar-refractivity contribution in [2.45, 2.75) is 76.7 Å². The second-order valence-corrected chi connectivity index (χ2v) is 12.3. The largest absolute Gasteiger partial charge is 0.393 e. The highest BCUT2D eigenvalue weighted by molar-refractivity contribution is 8.13. The number of allylic oxidation sites excluding steroid dienone is 4. The fourth-order valence-electron chi connectivity index (χ4n) is 7.56. The van der Waals surface area contributed by atoms with Crippen molar-refractivity contribution in [1.29, 1.82) is 5.26 Å². The number of aliphatic hydroxyl groups is 1. The average Bonchev–Trinajstić information content (AvgIpc) is 3.14. The van der Waals surface area contributed by atoms with Gasteiger partial charge in [0.25, 0.3) is 0 Å². The van der Waals surface area contributed by atoms with Crippen LogP contribution in [0.5, 0.6) is 0 Å². The Hall–Kier alpha value is -2.69. The molecule has 7 heteroatoms.